The second-order valence-corrected chi connectivity index (χ2v) is 6.75. The summed E-state index contributed by atoms with van der Waals surface area (Å²) in [6, 6.07) is 0. The topological polar surface area (TPSA) is 68.2 Å². The van der Waals surface area contributed by atoms with Crippen LogP contribution >= 0.6 is 0 Å². The molecule has 2 saturated carbocycles. The summed E-state index contributed by atoms with van der Waals surface area (Å²) in [5.74, 6) is 0.544. The van der Waals surface area contributed by atoms with Gasteiger partial charge >= 0.3 is 12.2 Å². The molecule has 0 aromatic heterocycles. The van der Waals surface area contributed by atoms with Gasteiger partial charge in [-0.1, -0.05) is 25.8 Å². The highest BCUT2D eigenvalue weighted by atomic mass is 16.6. The molecule has 0 heterocycles. The molecule has 0 spiro atoms. The fourth-order valence-corrected chi connectivity index (χ4v) is 3.73. The lowest BCUT2D eigenvalue weighted by molar-refractivity contribution is 0.0816. The molecule has 0 aliphatic heterocycles. The van der Waals surface area contributed by atoms with Crippen LogP contribution in [0.4, 0.5) is 9.59 Å². The van der Waals surface area contributed by atoms with Crippen LogP contribution in [0, 0.1) is 16.7 Å². The Morgan fingerprint density at radius 1 is 1.18 bits per heavy atom. The molecule has 22 heavy (non-hydrogen) atoms. The van der Waals surface area contributed by atoms with Crippen molar-refractivity contribution in [3.05, 3.63) is 0 Å². The van der Waals surface area contributed by atoms with Crippen LogP contribution in [-0.4, -0.2) is 36.1 Å². The molecule has 2 bridgehead atoms. The van der Waals surface area contributed by atoms with E-state index in [1.54, 1.807) is 13.8 Å². The Morgan fingerprint density at radius 2 is 1.73 bits per heavy atom. The van der Waals surface area contributed by atoms with Crippen molar-refractivity contribution in [3.8, 4) is 0 Å². The normalized spacial score (nSPS) is 30.4. The van der Waals surface area contributed by atoms with Crippen LogP contribution in [-0.2, 0) is 9.47 Å². The summed E-state index contributed by atoms with van der Waals surface area (Å²) in [6.45, 7) is 10.4. The zero-order valence-electron chi connectivity index (χ0n) is 14.1. The lowest BCUT2D eigenvalue weighted by Crippen LogP contribution is -2.38. The molecule has 2 atom stereocenters. The Hall–Kier alpha value is -1.59. The van der Waals surface area contributed by atoms with Gasteiger partial charge in [0, 0.05) is 11.1 Å². The summed E-state index contributed by atoms with van der Waals surface area (Å²) in [7, 11) is 0. The van der Waals surface area contributed by atoms with Crippen molar-refractivity contribution < 1.29 is 19.1 Å². The maximum absolute atomic E-state index is 12.0. The van der Waals surface area contributed by atoms with Crippen molar-refractivity contribution in [2.24, 2.45) is 21.8 Å². The minimum atomic E-state index is -0.780. The molecule has 6 nitrogen and oxygen atoms in total. The first-order chi connectivity index (χ1) is 10.3. The number of carbonyl (C=O) groups is 2. The highest BCUT2D eigenvalue weighted by Crippen LogP contribution is 2.64. The van der Waals surface area contributed by atoms with Gasteiger partial charge in [-0.05, 0) is 44.4 Å². The van der Waals surface area contributed by atoms with Gasteiger partial charge in [-0.2, -0.15) is 5.10 Å². The van der Waals surface area contributed by atoms with E-state index in [9.17, 15) is 9.59 Å². The van der Waals surface area contributed by atoms with Gasteiger partial charge < -0.3 is 9.47 Å². The summed E-state index contributed by atoms with van der Waals surface area (Å²) >= 11 is 0. The largest absolute Gasteiger partial charge is 0.448 e. The van der Waals surface area contributed by atoms with E-state index in [1.807, 2.05) is 0 Å². The number of carbonyl (C=O) groups excluding carboxylic acids is 2. The molecule has 0 unspecified atom stereocenters. The third kappa shape index (κ3) is 2.48. The van der Waals surface area contributed by atoms with Crippen LogP contribution in [0.25, 0.3) is 0 Å². The van der Waals surface area contributed by atoms with E-state index in [1.165, 1.54) is 6.42 Å². The van der Waals surface area contributed by atoms with Crippen LogP contribution in [0.15, 0.2) is 5.10 Å². The maximum atomic E-state index is 12.0. The number of rotatable bonds is 3. The third-order valence-corrected chi connectivity index (χ3v) is 5.61. The highest BCUT2D eigenvalue weighted by molar-refractivity contribution is 5.97. The van der Waals surface area contributed by atoms with E-state index in [-0.39, 0.29) is 24.0 Å². The van der Waals surface area contributed by atoms with Gasteiger partial charge in [0.05, 0.1) is 13.2 Å². The summed E-state index contributed by atoms with van der Waals surface area (Å²) in [6.07, 6.45) is 1.46. The van der Waals surface area contributed by atoms with Gasteiger partial charge in [0.15, 0.2) is 0 Å². The van der Waals surface area contributed by atoms with Crippen LogP contribution in [0.2, 0.25) is 0 Å². The zero-order valence-corrected chi connectivity index (χ0v) is 14.1. The summed E-state index contributed by atoms with van der Waals surface area (Å²) in [5.41, 5.74) is 0.935. The minimum absolute atomic E-state index is 0.0884. The average molecular weight is 310 g/mol. The van der Waals surface area contributed by atoms with Gasteiger partial charge in [-0.15, -0.1) is 0 Å². The van der Waals surface area contributed by atoms with Crippen molar-refractivity contribution in [3.63, 3.8) is 0 Å². The lowest BCUT2D eigenvalue weighted by atomic mass is 9.70. The summed E-state index contributed by atoms with van der Waals surface area (Å²) in [4.78, 5) is 24.0. The maximum Gasteiger partial charge on any atom is 0.440 e. The average Bonchev–Trinajstić information content (AvgIpc) is 2.78. The second-order valence-electron chi connectivity index (χ2n) is 6.75. The smallest absolute Gasteiger partial charge is 0.440 e. The monoisotopic (exact) mass is 310 g/mol. The van der Waals surface area contributed by atoms with Gasteiger partial charge in [-0.3, -0.25) is 0 Å². The molecule has 2 fully saturated rings. The van der Waals surface area contributed by atoms with Crippen molar-refractivity contribution >= 4 is 17.9 Å². The molecule has 2 rings (SSSR count). The molecule has 2 aliphatic rings. The lowest BCUT2D eigenvalue weighted by Gasteiger charge is -2.34. The second kappa shape index (κ2) is 5.89. The predicted octanol–water partition coefficient (Wildman–Crippen LogP) is 3.80. The van der Waals surface area contributed by atoms with Crippen molar-refractivity contribution in [1.82, 2.24) is 5.01 Å². The Morgan fingerprint density at radius 3 is 2.09 bits per heavy atom. The van der Waals surface area contributed by atoms with E-state index in [0.29, 0.717) is 5.92 Å². The van der Waals surface area contributed by atoms with Crippen LogP contribution in [0.5, 0.6) is 0 Å². The van der Waals surface area contributed by atoms with Crippen molar-refractivity contribution in [2.45, 2.75) is 53.9 Å². The van der Waals surface area contributed by atoms with Crippen LogP contribution < -0.4 is 0 Å². The molecule has 0 aromatic carbocycles. The number of imide groups is 1. The number of ether oxygens (including phenoxy) is 2. The Balaban J connectivity index is 2.30. The van der Waals surface area contributed by atoms with Crippen molar-refractivity contribution in [2.75, 3.05) is 13.2 Å². The molecule has 124 valence electrons. The van der Waals surface area contributed by atoms with E-state index in [0.717, 1.165) is 23.6 Å². The fourth-order valence-electron chi connectivity index (χ4n) is 3.73. The number of amides is 2. The number of hydrogen-bond acceptors (Lipinski definition) is 5. The van der Waals surface area contributed by atoms with Gasteiger partial charge in [-0.25, -0.2) is 9.59 Å². The van der Waals surface area contributed by atoms with Gasteiger partial charge in [0.1, 0.15) is 0 Å². The van der Waals surface area contributed by atoms with E-state index >= 15 is 0 Å². The number of hydrogen-bond donors (Lipinski definition) is 0. The molecule has 0 N–H and O–H groups in total. The third-order valence-electron chi connectivity index (χ3n) is 5.61. The number of hydrazone groups is 1. The van der Waals surface area contributed by atoms with E-state index in [4.69, 9.17) is 9.47 Å². The SMILES string of the molecule is CCOC(=O)N(/N=C1/C[C@H]2CC[C@@]1(C)C2(C)C)C(=O)OCC. The first-order valence-electron chi connectivity index (χ1n) is 7.99. The summed E-state index contributed by atoms with van der Waals surface area (Å²) < 4.78 is 9.85. The molecule has 0 radical (unpaired) electrons. The molecule has 0 aromatic rings. The van der Waals surface area contributed by atoms with Crippen molar-refractivity contribution in [1.29, 1.82) is 0 Å². The molecule has 2 aliphatic carbocycles. The number of fused-ring (bicyclic) bond motifs is 2. The predicted molar refractivity (Wildman–Crippen MR) is 82.5 cm³/mol. The van der Waals surface area contributed by atoms with E-state index < -0.39 is 12.2 Å². The molecule has 0 saturated heterocycles. The molecule has 2 amide bonds. The molecular weight excluding hydrogens is 284 g/mol. The zero-order chi connectivity index (χ0) is 16.5. The Bertz CT molecular complexity index is 482. The fraction of sp³-hybridized carbons (Fsp3) is 0.812. The standard InChI is InChI=1S/C16H26N2O4/c1-6-21-13(19)18(14(20)22-7-2)17-12-10-11-8-9-16(12,5)15(11,3)4/h11H,6-10H2,1-5H3/b17-12-/t11-,16-/m1/s1. The number of nitrogens with zero attached hydrogens (tertiary/aromatic N) is 2. The van der Waals surface area contributed by atoms with Gasteiger partial charge in [0.2, 0.25) is 0 Å². The highest BCUT2D eigenvalue weighted by Gasteiger charge is 2.60. The first-order valence-corrected chi connectivity index (χ1v) is 7.99. The Labute approximate surface area is 131 Å². The quantitative estimate of drug-likeness (QED) is 0.743. The van der Waals surface area contributed by atoms with Gasteiger partial charge in [0.25, 0.3) is 0 Å². The Kier molecular flexibility index (Phi) is 4.49. The molecular formula is C16H26N2O4. The molecule has 6 heteroatoms. The van der Waals surface area contributed by atoms with Crippen LogP contribution in [0.1, 0.15) is 53.9 Å². The minimum Gasteiger partial charge on any atom is -0.448 e. The first kappa shape index (κ1) is 16.8. The summed E-state index contributed by atoms with van der Waals surface area (Å²) in [5, 5.41) is 5.10. The van der Waals surface area contributed by atoms with Crippen LogP contribution in [0.3, 0.4) is 0 Å². The van der Waals surface area contributed by atoms with E-state index in [2.05, 4.69) is 25.9 Å².